The van der Waals surface area contributed by atoms with Gasteiger partial charge in [0.15, 0.2) is 0 Å². The van der Waals surface area contributed by atoms with Crippen molar-refractivity contribution in [1.82, 2.24) is 5.32 Å². The Morgan fingerprint density at radius 1 is 1.23 bits per heavy atom. The van der Waals surface area contributed by atoms with Crippen molar-refractivity contribution < 1.29 is 26.9 Å². The Hall–Kier alpha value is -3.24. The quantitative estimate of drug-likeness (QED) is 0.410. The summed E-state index contributed by atoms with van der Waals surface area (Å²) >= 11 is 0. The van der Waals surface area contributed by atoms with E-state index in [0.717, 1.165) is 11.8 Å². The molecule has 3 rings (SSSR count). The topological polar surface area (TPSA) is 126 Å². The first-order chi connectivity index (χ1) is 14.1. The van der Waals surface area contributed by atoms with Crippen LogP contribution in [0.2, 0.25) is 0 Å². The van der Waals surface area contributed by atoms with Crippen molar-refractivity contribution >= 4 is 33.6 Å². The number of hydrogen-bond donors (Lipinski definition) is 2. The van der Waals surface area contributed by atoms with Gasteiger partial charge in [0, 0.05) is 16.8 Å². The molecule has 10 heteroatoms. The van der Waals surface area contributed by atoms with Crippen molar-refractivity contribution in [1.29, 1.82) is 5.41 Å². The average molecular weight is 431 g/mol. The fraction of sp³-hybridized carbons (Fsp3) is 0.250. The number of nitrogens with one attached hydrogen (secondary N) is 2. The van der Waals surface area contributed by atoms with Crippen LogP contribution in [-0.2, 0) is 19.0 Å². The molecule has 1 heterocycles. The molecule has 1 aliphatic heterocycles. The number of aryl methyl sites for hydroxylation is 1. The Kier molecular flexibility index (Phi) is 6.18. The number of amidine groups is 1. The standard InChI is InChI=1S/C20H21N3O6S/c1-13-4-3-5-15(10-13)19(24)22-18(21)14-6-8-16(9-7-14)23-11-17(29-20(23)25)12-28-30(2,26)27/h3-10,17H,11-12H2,1-2H3,(H2,21,22,24). The summed E-state index contributed by atoms with van der Waals surface area (Å²) in [6.45, 7) is 1.76. The van der Waals surface area contributed by atoms with Gasteiger partial charge in [0.1, 0.15) is 18.5 Å². The van der Waals surface area contributed by atoms with Gasteiger partial charge in [-0.25, -0.2) is 4.79 Å². The first-order valence-electron chi connectivity index (χ1n) is 9.02. The lowest BCUT2D eigenvalue weighted by molar-refractivity contribution is 0.0976. The van der Waals surface area contributed by atoms with Crippen molar-refractivity contribution in [2.45, 2.75) is 13.0 Å². The zero-order chi connectivity index (χ0) is 21.9. The Balaban J connectivity index is 1.62. The highest BCUT2D eigenvalue weighted by molar-refractivity contribution is 7.85. The van der Waals surface area contributed by atoms with Crippen molar-refractivity contribution in [2.75, 3.05) is 24.3 Å². The van der Waals surface area contributed by atoms with Gasteiger partial charge in [0.2, 0.25) is 0 Å². The molecule has 1 fully saturated rings. The summed E-state index contributed by atoms with van der Waals surface area (Å²) < 4.78 is 31.9. The molecule has 0 aromatic heterocycles. The Labute approximate surface area is 174 Å². The number of nitrogens with zero attached hydrogens (tertiary/aromatic N) is 1. The molecule has 2 N–H and O–H groups in total. The largest absolute Gasteiger partial charge is 0.441 e. The normalized spacial score (nSPS) is 16.3. The van der Waals surface area contributed by atoms with Gasteiger partial charge in [0.25, 0.3) is 16.0 Å². The van der Waals surface area contributed by atoms with Gasteiger partial charge in [-0.2, -0.15) is 8.42 Å². The molecule has 1 unspecified atom stereocenters. The molecule has 0 aliphatic carbocycles. The summed E-state index contributed by atoms with van der Waals surface area (Å²) in [6, 6.07) is 13.5. The third kappa shape index (κ3) is 5.43. The fourth-order valence-corrected chi connectivity index (χ4v) is 3.27. The fourth-order valence-electron chi connectivity index (χ4n) is 2.87. The molecule has 1 aliphatic rings. The van der Waals surface area contributed by atoms with E-state index < -0.39 is 22.3 Å². The lowest BCUT2D eigenvalue weighted by Crippen LogP contribution is -2.30. The first kappa shape index (κ1) is 21.5. The van der Waals surface area contributed by atoms with Gasteiger partial charge in [-0.05, 0) is 43.3 Å². The zero-order valence-electron chi connectivity index (χ0n) is 16.4. The van der Waals surface area contributed by atoms with Crippen LogP contribution in [0.25, 0.3) is 0 Å². The number of anilines is 1. The minimum atomic E-state index is -3.63. The molecule has 2 aromatic carbocycles. The smallest absolute Gasteiger partial charge is 0.414 e. The van der Waals surface area contributed by atoms with E-state index in [0.29, 0.717) is 16.8 Å². The second-order valence-corrected chi connectivity index (χ2v) is 8.49. The van der Waals surface area contributed by atoms with Crippen LogP contribution in [0.5, 0.6) is 0 Å². The summed E-state index contributed by atoms with van der Waals surface area (Å²) in [7, 11) is -3.63. The van der Waals surface area contributed by atoms with E-state index in [9.17, 15) is 18.0 Å². The Morgan fingerprint density at radius 2 is 1.93 bits per heavy atom. The van der Waals surface area contributed by atoms with E-state index in [4.69, 9.17) is 10.1 Å². The van der Waals surface area contributed by atoms with Gasteiger partial charge < -0.3 is 10.1 Å². The molecule has 158 valence electrons. The highest BCUT2D eigenvalue weighted by Gasteiger charge is 2.33. The van der Waals surface area contributed by atoms with Crippen LogP contribution >= 0.6 is 0 Å². The highest BCUT2D eigenvalue weighted by atomic mass is 32.2. The summed E-state index contributed by atoms with van der Waals surface area (Å²) in [5.74, 6) is -0.457. The predicted octanol–water partition coefficient (Wildman–Crippen LogP) is 2.05. The second kappa shape index (κ2) is 8.64. The number of benzene rings is 2. The second-order valence-electron chi connectivity index (χ2n) is 6.85. The number of carbonyl (C=O) groups is 2. The van der Waals surface area contributed by atoms with Crippen LogP contribution in [0.3, 0.4) is 0 Å². The summed E-state index contributed by atoms with van der Waals surface area (Å²) in [6.07, 6.45) is -0.404. The molecular weight excluding hydrogens is 410 g/mol. The molecule has 2 aromatic rings. The van der Waals surface area contributed by atoms with Crippen molar-refractivity contribution in [3.63, 3.8) is 0 Å². The molecule has 1 atom stereocenters. The lowest BCUT2D eigenvalue weighted by atomic mass is 10.1. The Bertz CT molecular complexity index is 1080. The molecule has 9 nitrogen and oxygen atoms in total. The van der Waals surface area contributed by atoms with E-state index in [1.807, 2.05) is 13.0 Å². The van der Waals surface area contributed by atoms with Crippen LogP contribution in [0, 0.1) is 12.3 Å². The Morgan fingerprint density at radius 3 is 2.57 bits per heavy atom. The molecule has 0 radical (unpaired) electrons. The molecular formula is C20H21N3O6S. The third-order valence-corrected chi connectivity index (χ3v) is 4.89. The number of ether oxygens (including phenoxy) is 1. The number of cyclic esters (lactones) is 1. The third-order valence-electron chi connectivity index (χ3n) is 4.33. The molecule has 30 heavy (non-hydrogen) atoms. The van der Waals surface area contributed by atoms with Gasteiger partial charge in [-0.15, -0.1) is 0 Å². The van der Waals surface area contributed by atoms with Crippen molar-refractivity contribution in [3.8, 4) is 0 Å². The minimum absolute atomic E-state index is 0.0727. The highest BCUT2D eigenvalue weighted by Crippen LogP contribution is 2.22. The maximum Gasteiger partial charge on any atom is 0.414 e. The molecule has 0 bridgehead atoms. The van der Waals surface area contributed by atoms with E-state index in [-0.39, 0.29) is 24.9 Å². The van der Waals surface area contributed by atoms with Crippen LogP contribution < -0.4 is 10.2 Å². The van der Waals surface area contributed by atoms with E-state index in [1.165, 1.54) is 4.90 Å². The molecule has 1 saturated heterocycles. The molecule has 0 spiro atoms. The van der Waals surface area contributed by atoms with Crippen molar-refractivity contribution in [2.24, 2.45) is 0 Å². The monoisotopic (exact) mass is 431 g/mol. The maximum absolute atomic E-state index is 12.3. The van der Waals surface area contributed by atoms with Gasteiger partial charge >= 0.3 is 6.09 Å². The zero-order valence-corrected chi connectivity index (χ0v) is 17.2. The summed E-state index contributed by atoms with van der Waals surface area (Å²) in [4.78, 5) is 25.7. The lowest BCUT2D eigenvalue weighted by Gasteiger charge is -2.14. The van der Waals surface area contributed by atoms with Crippen LogP contribution in [0.4, 0.5) is 10.5 Å². The van der Waals surface area contributed by atoms with E-state index in [1.54, 1.807) is 42.5 Å². The average Bonchev–Trinajstić information content (AvgIpc) is 3.06. The van der Waals surface area contributed by atoms with Gasteiger partial charge in [-0.1, -0.05) is 17.7 Å². The molecule has 0 saturated carbocycles. The van der Waals surface area contributed by atoms with Gasteiger partial charge in [0.05, 0.1) is 12.8 Å². The number of rotatable bonds is 6. The van der Waals surface area contributed by atoms with Gasteiger partial charge in [-0.3, -0.25) is 19.3 Å². The number of hydrogen-bond acceptors (Lipinski definition) is 7. The summed E-state index contributed by atoms with van der Waals surface area (Å²) in [5, 5.41) is 10.7. The van der Waals surface area contributed by atoms with Crippen molar-refractivity contribution in [3.05, 3.63) is 65.2 Å². The van der Waals surface area contributed by atoms with Crippen LogP contribution in [0.1, 0.15) is 21.5 Å². The van der Waals surface area contributed by atoms with Crippen LogP contribution in [0.15, 0.2) is 48.5 Å². The number of carbonyl (C=O) groups excluding carboxylic acids is 2. The SMILES string of the molecule is Cc1cccc(C(=O)NC(=N)c2ccc(N3CC(COS(C)(=O)=O)OC3=O)cc2)c1. The molecule has 2 amide bonds. The van der Waals surface area contributed by atoms with E-state index in [2.05, 4.69) is 9.50 Å². The number of amides is 2. The summed E-state index contributed by atoms with van der Waals surface area (Å²) in [5.41, 5.74) is 2.38. The van der Waals surface area contributed by atoms with Crippen LogP contribution in [-0.4, -0.2) is 51.8 Å². The van der Waals surface area contributed by atoms with E-state index >= 15 is 0 Å². The first-order valence-corrected chi connectivity index (χ1v) is 10.8. The maximum atomic E-state index is 12.3. The minimum Gasteiger partial charge on any atom is -0.441 e. The predicted molar refractivity (Wildman–Crippen MR) is 110 cm³/mol.